The first-order chi connectivity index (χ1) is 13.3. The van der Waals surface area contributed by atoms with Crippen LogP contribution in [0.1, 0.15) is 29.9 Å². The third-order valence-corrected chi connectivity index (χ3v) is 5.44. The summed E-state index contributed by atoms with van der Waals surface area (Å²) in [4.78, 5) is 23.0. The average Bonchev–Trinajstić information content (AvgIpc) is 3.38. The molecule has 0 atom stereocenters. The van der Waals surface area contributed by atoms with E-state index in [1.807, 2.05) is 30.6 Å². The Bertz CT molecular complexity index is 1100. The van der Waals surface area contributed by atoms with Crippen LogP contribution in [0.15, 0.2) is 36.1 Å². The van der Waals surface area contributed by atoms with E-state index >= 15 is 0 Å². The number of rotatable bonds is 3. The molecule has 0 unspecified atom stereocenters. The lowest BCUT2D eigenvalue weighted by Crippen LogP contribution is -2.10. The molecule has 27 heavy (non-hydrogen) atoms. The van der Waals surface area contributed by atoms with Crippen LogP contribution in [0.3, 0.4) is 0 Å². The van der Waals surface area contributed by atoms with Crippen molar-refractivity contribution < 1.29 is 0 Å². The van der Waals surface area contributed by atoms with Gasteiger partial charge in [0, 0.05) is 17.8 Å². The lowest BCUT2D eigenvalue weighted by Gasteiger charge is -2.14. The molecule has 0 spiro atoms. The number of pyridine rings is 1. The van der Waals surface area contributed by atoms with Crippen molar-refractivity contribution in [1.82, 2.24) is 34.7 Å². The number of aryl methyl sites for hydroxylation is 3. The van der Waals surface area contributed by atoms with Gasteiger partial charge < -0.3 is 0 Å². The van der Waals surface area contributed by atoms with Gasteiger partial charge in [-0.15, -0.1) is 16.4 Å². The van der Waals surface area contributed by atoms with Gasteiger partial charge in [0.1, 0.15) is 5.69 Å². The van der Waals surface area contributed by atoms with Crippen molar-refractivity contribution in [3.8, 4) is 28.0 Å². The summed E-state index contributed by atoms with van der Waals surface area (Å²) in [5.41, 5.74) is 4.66. The molecule has 134 valence electrons. The smallest absolute Gasteiger partial charge is 0.211 e. The van der Waals surface area contributed by atoms with Gasteiger partial charge in [0.15, 0.2) is 10.8 Å². The van der Waals surface area contributed by atoms with Crippen LogP contribution in [0.2, 0.25) is 0 Å². The van der Waals surface area contributed by atoms with Gasteiger partial charge in [0.2, 0.25) is 5.82 Å². The molecule has 0 saturated heterocycles. The first-order valence-corrected chi connectivity index (χ1v) is 9.81. The Labute approximate surface area is 160 Å². The Morgan fingerprint density at radius 2 is 1.89 bits per heavy atom. The standard InChI is InChI=1S/C19H17N7S/c1-12-16(7-4-8-20-12)26-18(24-17(25-26)19-21-9-10-27-19)15-11-22-13-5-2-3-6-14(13)23-15/h4,7-11H,2-3,5-6H2,1H3. The number of fused-ring (bicyclic) bond motifs is 1. The maximum Gasteiger partial charge on any atom is 0.211 e. The third-order valence-electron chi connectivity index (χ3n) is 4.68. The Kier molecular flexibility index (Phi) is 3.97. The van der Waals surface area contributed by atoms with E-state index in [9.17, 15) is 0 Å². The van der Waals surface area contributed by atoms with Gasteiger partial charge in [-0.05, 0) is 44.7 Å². The molecule has 0 radical (unpaired) electrons. The molecule has 8 heteroatoms. The predicted molar refractivity (Wildman–Crippen MR) is 103 cm³/mol. The van der Waals surface area contributed by atoms with Gasteiger partial charge in [0.05, 0.1) is 29.0 Å². The van der Waals surface area contributed by atoms with E-state index < -0.39 is 0 Å². The van der Waals surface area contributed by atoms with Gasteiger partial charge in [-0.2, -0.15) is 0 Å². The zero-order valence-electron chi connectivity index (χ0n) is 14.8. The van der Waals surface area contributed by atoms with Crippen LogP contribution in [0.4, 0.5) is 0 Å². The first-order valence-electron chi connectivity index (χ1n) is 8.93. The second kappa shape index (κ2) is 6.62. The molecule has 4 aromatic rings. The normalized spacial score (nSPS) is 13.5. The molecule has 0 fully saturated rings. The highest BCUT2D eigenvalue weighted by molar-refractivity contribution is 7.13. The molecule has 0 amide bonds. The molecule has 7 nitrogen and oxygen atoms in total. The maximum atomic E-state index is 4.87. The molecule has 5 rings (SSSR count). The Morgan fingerprint density at radius 3 is 2.70 bits per heavy atom. The second-order valence-electron chi connectivity index (χ2n) is 6.47. The summed E-state index contributed by atoms with van der Waals surface area (Å²) in [5.74, 6) is 1.25. The zero-order valence-corrected chi connectivity index (χ0v) is 15.6. The highest BCUT2D eigenvalue weighted by Gasteiger charge is 2.21. The van der Waals surface area contributed by atoms with E-state index in [-0.39, 0.29) is 0 Å². The number of nitrogens with zero attached hydrogens (tertiary/aromatic N) is 7. The molecule has 1 aliphatic carbocycles. The van der Waals surface area contributed by atoms with Gasteiger partial charge in [-0.25, -0.2) is 19.6 Å². The fourth-order valence-electron chi connectivity index (χ4n) is 3.32. The molecular formula is C19H17N7S. The Morgan fingerprint density at radius 1 is 1.00 bits per heavy atom. The fraction of sp³-hybridized carbons (Fsp3) is 0.263. The molecule has 0 N–H and O–H groups in total. The SMILES string of the molecule is Cc1ncccc1-n1nc(-c2nccs2)nc1-c1cnc2c(n1)CCCC2. The van der Waals surface area contributed by atoms with Gasteiger partial charge in [-0.1, -0.05) is 0 Å². The Balaban J connectivity index is 1.70. The van der Waals surface area contributed by atoms with Crippen LogP contribution in [0, 0.1) is 6.92 Å². The van der Waals surface area contributed by atoms with Crippen LogP contribution in [0.5, 0.6) is 0 Å². The summed E-state index contributed by atoms with van der Waals surface area (Å²) in [6, 6.07) is 3.88. The Hall–Kier alpha value is -3.00. The van der Waals surface area contributed by atoms with Crippen LogP contribution in [-0.2, 0) is 12.8 Å². The lowest BCUT2D eigenvalue weighted by molar-refractivity contribution is 0.649. The van der Waals surface area contributed by atoms with Gasteiger partial charge in [0.25, 0.3) is 0 Å². The second-order valence-corrected chi connectivity index (χ2v) is 7.37. The topological polar surface area (TPSA) is 82.3 Å². The third kappa shape index (κ3) is 2.91. The van der Waals surface area contributed by atoms with Gasteiger partial charge in [-0.3, -0.25) is 9.97 Å². The molecule has 4 aromatic heterocycles. The summed E-state index contributed by atoms with van der Waals surface area (Å²) in [6.45, 7) is 1.96. The van der Waals surface area contributed by atoms with Crippen molar-refractivity contribution in [1.29, 1.82) is 0 Å². The maximum absolute atomic E-state index is 4.87. The minimum Gasteiger partial charge on any atom is -0.259 e. The number of hydrogen-bond donors (Lipinski definition) is 0. The van der Waals surface area contributed by atoms with Crippen LogP contribution < -0.4 is 0 Å². The van der Waals surface area contributed by atoms with Crippen molar-refractivity contribution in [2.45, 2.75) is 32.6 Å². The fourth-order valence-corrected chi connectivity index (χ4v) is 3.89. The summed E-state index contributed by atoms with van der Waals surface area (Å²) in [5, 5.41) is 7.42. The monoisotopic (exact) mass is 375 g/mol. The van der Waals surface area contributed by atoms with E-state index in [2.05, 4.69) is 15.0 Å². The largest absolute Gasteiger partial charge is 0.259 e. The predicted octanol–water partition coefficient (Wildman–Crippen LogP) is 3.43. The van der Waals surface area contributed by atoms with Gasteiger partial charge >= 0.3 is 0 Å². The van der Waals surface area contributed by atoms with Crippen molar-refractivity contribution in [3.63, 3.8) is 0 Å². The molecule has 0 saturated carbocycles. The molecule has 1 aliphatic rings. The van der Waals surface area contributed by atoms with E-state index in [1.54, 1.807) is 17.1 Å². The first kappa shape index (κ1) is 16.2. The van der Waals surface area contributed by atoms with E-state index in [0.717, 1.165) is 52.7 Å². The van der Waals surface area contributed by atoms with Crippen molar-refractivity contribution in [3.05, 3.63) is 53.2 Å². The van der Waals surface area contributed by atoms with Crippen molar-refractivity contribution >= 4 is 11.3 Å². The number of thiazole rings is 1. The molecule has 0 bridgehead atoms. The minimum absolute atomic E-state index is 0.586. The summed E-state index contributed by atoms with van der Waals surface area (Å²) in [7, 11) is 0. The highest BCUT2D eigenvalue weighted by atomic mass is 32.1. The van der Waals surface area contributed by atoms with E-state index in [4.69, 9.17) is 15.1 Å². The van der Waals surface area contributed by atoms with E-state index in [1.165, 1.54) is 17.8 Å². The summed E-state index contributed by atoms with van der Waals surface area (Å²) < 4.78 is 1.80. The quantitative estimate of drug-likeness (QED) is 0.546. The molecule has 0 aliphatic heterocycles. The molecule has 4 heterocycles. The van der Waals surface area contributed by atoms with Crippen molar-refractivity contribution in [2.75, 3.05) is 0 Å². The summed E-state index contributed by atoms with van der Waals surface area (Å²) >= 11 is 1.51. The van der Waals surface area contributed by atoms with Crippen molar-refractivity contribution in [2.24, 2.45) is 0 Å². The minimum atomic E-state index is 0.586. The van der Waals surface area contributed by atoms with Crippen LogP contribution >= 0.6 is 11.3 Å². The number of hydrogen-bond acceptors (Lipinski definition) is 7. The lowest BCUT2D eigenvalue weighted by atomic mass is 10.0. The van der Waals surface area contributed by atoms with E-state index in [0.29, 0.717) is 11.6 Å². The van der Waals surface area contributed by atoms with Crippen LogP contribution in [-0.4, -0.2) is 34.7 Å². The summed E-state index contributed by atoms with van der Waals surface area (Å²) in [6.07, 6.45) is 9.65. The molecular weight excluding hydrogens is 358 g/mol. The highest BCUT2D eigenvalue weighted by Crippen LogP contribution is 2.27. The van der Waals surface area contributed by atoms with Crippen LogP contribution in [0.25, 0.3) is 28.0 Å². The zero-order chi connectivity index (χ0) is 18.2. The molecule has 0 aromatic carbocycles. The average molecular weight is 375 g/mol. The number of aromatic nitrogens is 7.